The van der Waals surface area contributed by atoms with E-state index in [2.05, 4.69) is 70.2 Å². The lowest BCUT2D eigenvalue weighted by atomic mass is 9.81. The molecule has 0 atom stereocenters. The predicted molar refractivity (Wildman–Crippen MR) is 147 cm³/mol. The van der Waals surface area contributed by atoms with Crippen molar-refractivity contribution in [2.75, 3.05) is 0 Å². The van der Waals surface area contributed by atoms with E-state index < -0.39 is 9.84 Å². The van der Waals surface area contributed by atoms with E-state index in [-0.39, 0.29) is 0 Å². The first-order chi connectivity index (χ1) is 16.8. The normalized spacial score (nSPS) is 12.2. The highest BCUT2D eigenvalue weighted by atomic mass is 32.2. The SMILES string of the molecule is CC(C)c1cc2cc3ccccc3cc2c(-c2ccc(S(=O)(=O)c3ccccc3)cc2)c1C(C)C. The van der Waals surface area contributed by atoms with Gasteiger partial charge in [0.15, 0.2) is 0 Å². The fourth-order valence-corrected chi connectivity index (χ4v) is 6.36. The predicted octanol–water partition coefficient (Wildman–Crippen LogP) is 8.74. The summed E-state index contributed by atoms with van der Waals surface area (Å²) in [6.45, 7) is 8.97. The highest BCUT2D eigenvalue weighted by molar-refractivity contribution is 7.91. The molecule has 2 nitrogen and oxygen atoms in total. The number of rotatable bonds is 5. The van der Waals surface area contributed by atoms with E-state index in [0.29, 0.717) is 21.6 Å². The largest absolute Gasteiger partial charge is 0.219 e. The van der Waals surface area contributed by atoms with Crippen LogP contribution in [0.4, 0.5) is 0 Å². The second kappa shape index (κ2) is 8.98. The molecule has 0 saturated heterocycles. The van der Waals surface area contributed by atoms with Gasteiger partial charge >= 0.3 is 0 Å². The van der Waals surface area contributed by atoms with Gasteiger partial charge in [0, 0.05) is 0 Å². The molecule has 0 radical (unpaired) electrons. The lowest BCUT2D eigenvalue weighted by Crippen LogP contribution is -2.04. The van der Waals surface area contributed by atoms with Crippen LogP contribution in [0.2, 0.25) is 0 Å². The van der Waals surface area contributed by atoms with Crippen LogP contribution in [-0.2, 0) is 9.84 Å². The van der Waals surface area contributed by atoms with Gasteiger partial charge in [-0.25, -0.2) is 8.42 Å². The van der Waals surface area contributed by atoms with Crippen molar-refractivity contribution in [2.24, 2.45) is 0 Å². The lowest BCUT2D eigenvalue weighted by molar-refractivity contribution is 0.596. The van der Waals surface area contributed by atoms with Gasteiger partial charge < -0.3 is 0 Å². The van der Waals surface area contributed by atoms with Crippen molar-refractivity contribution in [3.63, 3.8) is 0 Å². The first kappa shape index (κ1) is 23.3. The van der Waals surface area contributed by atoms with Crippen LogP contribution >= 0.6 is 0 Å². The van der Waals surface area contributed by atoms with E-state index in [9.17, 15) is 8.42 Å². The molecule has 35 heavy (non-hydrogen) atoms. The smallest absolute Gasteiger partial charge is 0.206 e. The van der Waals surface area contributed by atoms with Gasteiger partial charge in [-0.15, -0.1) is 0 Å². The van der Waals surface area contributed by atoms with Crippen molar-refractivity contribution < 1.29 is 8.42 Å². The van der Waals surface area contributed by atoms with Crippen LogP contribution in [0.1, 0.15) is 50.7 Å². The Balaban J connectivity index is 1.77. The standard InChI is InChI=1S/C32H30O2S/c1-21(2)29-20-26-18-24-10-8-9-11-25(24)19-30(26)32(31(29)22(3)4)23-14-16-28(17-15-23)35(33,34)27-12-6-5-7-13-27/h5-22H,1-4H3. The van der Waals surface area contributed by atoms with Crippen molar-refractivity contribution >= 4 is 31.4 Å². The van der Waals surface area contributed by atoms with E-state index in [1.807, 2.05) is 18.2 Å². The molecule has 0 amide bonds. The molecule has 0 unspecified atom stereocenters. The Kier molecular flexibility index (Phi) is 5.98. The van der Waals surface area contributed by atoms with Crippen LogP contribution in [0.5, 0.6) is 0 Å². The Hall–Kier alpha value is -3.43. The maximum absolute atomic E-state index is 13.2. The van der Waals surface area contributed by atoms with Gasteiger partial charge in [0.1, 0.15) is 0 Å². The van der Waals surface area contributed by atoms with Crippen molar-refractivity contribution in [3.05, 3.63) is 108 Å². The summed E-state index contributed by atoms with van der Waals surface area (Å²) in [6.07, 6.45) is 0. The summed E-state index contributed by atoms with van der Waals surface area (Å²) in [5.41, 5.74) is 4.93. The number of hydrogen-bond acceptors (Lipinski definition) is 2. The minimum absolute atomic E-state index is 0.313. The first-order valence-electron chi connectivity index (χ1n) is 12.2. The lowest BCUT2D eigenvalue weighted by Gasteiger charge is -2.24. The fraction of sp³-hybridized carbons (Fsp3) is 0.188. The second-order valence-corrected chi connectivity index (χ2v) is 11.8. The number of sulfone groups is 1. The number of fused-ring (bicyclic) bond motifs is 2. The van der Waals surface area contributed by atoms with Crippen LogP contribution in [-0.4, -0.2) is 8.42 Å². The summed E-state index contributed by atoms with van der Waals surface area (Å²) in [4.78, 5) is 0.627. The molecule has 176 valence electrons. The molecule has 0 spiro atoms. The molecule has 0 N–H and O–H groups in total. The molecule has 5 aromatic rings. The third kappa shape index (κ3) is 4.15. The van der Waals surface area contributed by atoms with E-state index in [0.717, 1.165) is 5.56 Å². The Morgan fingerprint density at radius 1 is 0.571 bits per heavy atom. The van der Waals surface area contributed by atoms with Gasteiger partial charge in [0.2, 0.25) is 9.84 Å². The Bertz CT molecular complexity index is 1630. The van der Waals surface area contributed by atoms with Gasteiger partial charge in [-0.1, -0.05) is 88.4 Å². The molecule has 3 heteroatoms. The van der Waals surface area contributed by atoms with Crippen molar-refractivity contribution in [1.82, 2.24) is 0 Å². The molecule has 0 saturated carbocycles. The average molecular weight is 479 g/mol. The molecule has 0 bridgehead atoms. The molecule has 0 fully saturated rings. The summed E-state index contributed by atoms with van der Waals surface area (Å²) in [6, 6.07) is 31.4. The van der Waals surface area contributed by atoms with Crippen LogP contribution in [0, 0.1) is 0 Å². The number of hydrogen-bond donors (Lipinski definition) is 0. The molecule has 0 aliphatic rings. The van der Waals surface area contributed by atoms with E-state index in [1.54, 1.807) is 36.4 Å². The average Bonchev–Trinajstić information content (AvgIpc) is 2.86. The monoisotopic (exact) mass is 478 g/mol. The Morgan fingerprint density at radius 2 is 1.14 bits per heavy atom. The van der Waals surface area contributed by atoms with Gasteiger partial charge in [-0.3, -0.25) is 0 Å². The minimum Gasteiger partial charge on any atom is -0.219 e. The minimum atomic E-state index is -3.56. The third-order valence-electron chi connectivity index (χ3n) is 6.78. The zero-order chi connectivity index (χ0) is 24.7. The highest BCUT2D eigenvalue weighted by Gasteiger charge is 2.21. The quantitative estimate of drug-likeness (QED) is 0.237. The summed E-state index contributed by atoms with van der Waals surface area (Å²) >= 11 is 0. The molecule has 5 rings (SSSR count). The maximum Gasteiger partial charge on any atom is 0.206 e. The second-order valence-electron chi connectivity index (χ2n) is 9.83. The van der Waals surface area contributed by atoms with E-state index >= 15 is 0 Å². The van der Waals surface area contributed by atoms with Crippen LogP contribution in [0.3, 0.4) is 0 Å². The molecule has 0 aromatic heterocycles. The van der Waals surface area contributed by atoms with E-state index in [1.165, 1.54) is 38.2 Å². The van der Waals surface area contributed by atoms with Crippen molar-refractivity contribution in [3.8, 4) is 11.1 Å². The summed E-state index contributed by atoms with van der Waals surface area (Å²) in [7, 11) is -3.56. The molecule has 5 aromatic carbocycles. The topological polar surface area (TPSA) is 34.1 Å². The summed E-state index contributed by atoms with van der Waals surface area (Å²) in [5.74, 6) is 0.700. The molecule has 0 heterocycles. The van der Waals surface area contributed by atoms with Crippen molar-refractivity contribution in [1.29, 1.82) is 0 Å². The first-order valence-corrected chi connectivity index (χ1v) is 13.7. The van der Waals surface area contributed by atoms with Crippen molar-refractivity contribution in [2.45, 2.75) is 49.3 Å². The van der Waals surface area contributed by atoms with Gasteiger partial charge in [-0.05, 0) is 92.0 Å². The molecular weight excluding hydrogens is 448 g/mol. The molecule has 0 aliphatic carbocycles. The third-order valence-corrected chi connectivity index (χ3v) is 8.57. The van der Waals surface area contributed by atoms with Gasteiger partial charge in [0.25, 0.3) is 0 Å². The Labute approximate surface area is 208 Å². The molecular formula is C32H30O2S. The van der Waals surface area contributed by atoms with Gasteiger partial charge in [0.05, 0.1) is 9.79 Å². The summed E-state index contributed by atoms with van der Waals surface area (Å²) < 4.78 is 26.3. The van der Waals surface area contributed by atoms with Crippen LogP contribution < -0.4 is 0 Å². The maximum atomic E-state index is 13.2. The van der Waals surface area contributed by atoms with Crippen LogP contribution in [0.15, 0.2) is 107 Å². The van der Waals surface area contributed by atoms with Gasteiger partial charge in [-0.2, -0.15) is 0 Å². The van der Waals surface area contributed by atoms with E-state index in [4.69, 9.17) is 0 Å². The fourth-order valence-electron chi connectivity index (χ4n) is 5.08. The number of benzene rings is 5. The Morgan fingerprint density at radius 3 is 1.74 bits per heavy atom. The summed E-state index contributed by atoms with van der Waals surface area (Å²) in [5, 5.41) is 4.85. The zero-order valence-electron chi connectivity index (χ0n) is 20.6. The molecule has 0 aliphatic heterocycles. The zero-order valence-corrected chi connectivity index (χ0v) is 21.4. The highest BCUT2D eigenvalue weighted by Crippen LogP contribution is 2.42. The van der Waals surface area contributed by atoms with Crippen LogP contribution in [0.25, 0.3) is 32.7 Å².